The summed E-state index contributed by atoms with van der Waals surface area (Å²) in [5.74, 6) is 1.07. The predicted molar refractivity (Wildman–Crippen MR) is 69.7 cm³/mol. The topological polar surface area (TPSA) is 84.5 Å². The van der Waals surface area contributed by atoms with Gasteiger partial charge >= 0.3 is 0 Å². The third-order valence-electron chi connectivity index (χ3n) is 3.02. The Morgan fingerprint density at radius 2 is 2.33 bits per heavy atom. The molecule has 1 fully saturated rings. The molecule has 0 amide bonds. The van der Waals surface area contributed by atoms with Gasteiger partial charge in [-0.05, 0) is 19.8 Å². The van der Waals surface area contributed by atoms with Gasteiger partial charge in [0.25, 0.3) is 0 Å². The van der Waals surface area contributed by atoms with Crippen LogP contribution in [-0.2, 0) is 0 Å². The Labute approximate surface area is 107 Å². The number of ether oxygens (including phenoxy) is 1. The number of nitrogens with two attached hydrogens (primary N) is 1. The highest BCUT2D eigenvalue weighted by Crippen LogP contribution is 2.32. The lowest BCUT2D eigenvalue weighted by atomic mass is 10.1. The minimum absolute atomic E-state index is 0.424. The van der Waals surface area contributed by atoms with Gasteiger partial charge in [0.05, 0.1) is 12.2 Å². The normalized spacial score (nSPS) is 23.4. The summed E-state index contributed by atoms with van der Waals surface area (Å²) in [6.45, 7) is 5.69. The van der Waals surface area contributed by atoms with E-state index >= 15 is 0 Å². The van der Waals surface area contributed by atoms with Gasteiger partial charge in [0.1, 0.15) is 12.0 Å². The van der Waals surface area contributed by atoms with Crippen LogP contribution in [0.3, 0.4) is 0 Å². The molecule has 2 rings (SSSR count). The van der Waals surface area contributed by atoms with Crippen LogP contribution >= 0.6 is 0 Å². The molecule has 1 saturated heterocycles. The SMILES string of the molecule is CCCOc1ncnc(N2CCC(C)(O)C2)c1N. The van der Waals surface area contributed by atoms with E-state index in [-0.39, 0.29) is 0 Å². The van der Waals surface area contributed by atoms with Crippen LogP contribution in [0.4, 0.5) is 11.5 Å². The average Bonchev–Trinajstić information content (AvgIpc) is 2.68. The molecular formula is C12H20N4O2. The zero-order valence-corrected chi connectivity index (χ0v) is 10.9. The molecule has 0 aliphatic carbocycles. The van der Waals surface area contributed by atoms with Crippen LogP contribution in [0.2, 0.25) is 0 Å². The van der Waals surface area contributed by atoms with Gasteiger partial charge in [0, 0.05) is 13.1 Å². The Morgan fingerprint density at radius 1 is 1.56 bits per heavy atom. The van der Waals surface area contributed by atoms with E-state index in [2.05, 4.69) is 9.97 Å². The van der Waals surface area contributed by atoms with Crippen molar-refractivity contribution in [2.24, 2.45) is 0 Å². The standard InChI is InChI=1S/C12H20N4O2/c1-3-6-18-11-9(13)10(14-8-15-11)16-5-4-12(2,17)7-16/h8,17H,3-7,13H2,1-2H3. The maximum absolute atomic E-state index is 9.97. The molecule has 0 spiro atoms. The van der Waals surface area contributed by atoms with Gasteiger partial charge in [-0.15, -0.1) is 0 Å². The molecule has 0 bridgehead atoms. The molecule has 1 aliphatic rings. The van der Waals surface area contributed by atoms with E-state index in [1.807, 2.05) is 18.7 Å². The summed E-state index contributed by atoms with van der Waals surface area (Å²) in [7, 11) is 0. The molecule has 18 heavy (non-hydrogen) atoms. The van der Waals surface area contributed by atoms with Crippen molar-refractivity contribution in [3.05, 3.63) is 6.33 Å². The lowest BCUT2D eigenvalue weighted by Gasteiger charge is -2.21. The first-order valence-corrected chi connectivity index (χ1v) is 6.24. The van der Waals surface area contributed by atoms with Gasteiger partial charge in [0.15, 0.2) is 5.82 Å². The zero-order chi connectivity index (χ0) is 13.2. The van der Waals surface area contributed by atoms with E-state index in [0.29, 0.717) is 37.0 Å². The largest absolute Gasteiger partial charge is 0.476 e. The predicted octanol–water partition coefficient (Wildman–Crippen LogP) is 0.809. The summed E-state index contributed by atoms with van der Waals surface area (Å²) in [5, 5.41) is 9.97. The maximum Gasteiger partial charge on any atom is 0.242 e. The highest BCUT2D eigenvalue weighted by Gasteiger charge is 2.33. The first-order valence-electron chi connectivity index (χ1n) is 6.24. The summed E-state index contributed by atoms with van der Waals surface area (Å²) in [5.41, 5.74) is 5.79. The number of nitrogens with zero attached hydrogens (tertiary/aromatic N) is 3. The van der Waals surface area contributed by atoms with E-state index in [9.17, 15) is 5.11 Å². The number of aliphatic hydroxyl groups is 1. The van der Waals surface area contributed by atoms with E-state index in [1.54, 1.807) is 0 Å². The molecule has 6 heteroatoms. The summed E-state index contributed by atoms with van der Waals surface area (Å²) >= 11 is 0. The van der Waals surface area contributed by atoms with Gasteiger partial charge in [0.2, 0.25) is 5.88 Å². The quantitative estimate of drug-likeness (QED) is 0.825. The molecule has 1 aliphatic heterocycles. The summed E-state index contributed by atoms with van der Waals surface area (Å²) < 4.78 is 5.47. The Hall–Kier alpha value is -1.56. The molecule has 1 atom stereocenters. The zero-order valence-electron chi connectivity index (χ0n) is 10.9. The van der Waals surface area contributed by atoms with Crippen LogP contribution in [0.5, 0.6) is 5.88 Å². The van der Waals surface area contributed by atoms with E-state index < -0.39 is 5.60 Å². The fraction of sp³-hybridized carbons (Fsp3) is 0.667. The molecule has 6 nitrogen and oxygen atoms in total. The molecule has 3 N–H and O–H groups in total. The van der Waals surface area contributed by atoms with Crippen molar-refractivity contribution in [1.29, 1.82) is 0 Å². The summed E-state index contributed by atoms with van der Waals surface area (Å²) in [6, 6.07) is 0. The minimum atomic E-state index is -0.679. The van der Waals surface area contributed by atoms with Gasteiger partial charge in [-0.2, -0.15) is 4.98 Å². The molecule has 1 aromatic heterocycles. The van der Waals surface area contributed by atoms with Crippen molar-refractivity contribution in [2.45, 2.75) is 32.3 Å². The lowest BCUT2D eigenvalue weighted by Crippen LogP contribution is -2.30. The fourth-order valence-corrected chi connectivity index (χ4v) is 2.06. The van der Waals surface area contributed by atoms with Crippen molar-refractivity contribution in [3.63, 3.8) is 0 Å². The number of hydrogen-bond acceptors (Lipinski definition) is 6. The fourth-order valence-electron chi connectivity index (χ4n) is 2.06. The van der Waals surface area contributed by atoms with Crippen molar-refractivity contribution in [3.8, 4) is 5.88 Å². The molecule has 100 valence electrons. The van der Waals surface area contributed by atoms with Gasteiger partial charge in [-0.25, -0.2) is 4.98 Å². The molecule has 2 heterocycles. The van der Waals surface area contributed by atoms with Gasteiger partial charge in [-0.1, -0.05) is 6.92 Å². The van der Waals surface area contributed by atoms with E-state index in [4.69, 9.17) is 10.5 Å². The van der Waals surface area contributed by atoms with Crippen LogP contribution in [0.25, 0.3) is 0 Å². The first kappa shape index (κ1) is 12.9. The number of aromatic nitrogens is 2. The maximum atomic E-state index is 9.97. The lowest BCUT2D eigenvalue weighted by molar-refractivity contribution is 0.0839. The number of rotatable bonds is 4. The molecule has 0 radical (unpaired) electrons. The summed E-state index contributed by atoms with van der Waals surface area (Å²) in [4.78, 5) is 10.2. The van der Waals surface area contributed by atoms with Crippen molar-refractivity contribution < 1.29 is 9.84 Å². The van der Waals surface area contributed by atoms with Crippen LogP contribution in [0.1, 0.15) is 26.7 Å². The Bertz CT molecular complexity index is 423. The third kappa shape index (κ3) is 2.64. The Morgan fingerprint density at radius 3 is 2.94 bits per heavy atom. The third-order valence-corrected chi connectivity index (χ3v) is 3.02. The molecule has 0 saturated carbocycles. The number of β-amino-alcohol motifs (C(OH)–C–C–N with tert-alkyl or cyclic N) is 1. The van der Waals surface area contributed by atoms with Crippen LogP contribution in [0, 0.1) is 0 Å². The first-order chi connectivity index (χ1) is 8.53. The average molecular weight is 252 g/mol. The van der Waals surface area contributed by atoms with Crippen LogP contribution < -0.4 is 15.4 Å². The molecule has 1 unspecified atom stereocenters. The van der Waals surface area contributed by atoms with Crippen LogP contribution in [0.15, 0.2) is 6.33 Å². The second-order valence-corrected chi connectivity index (χ2v) is 4.93. The second kappa shape index (κ2) is 4.97. The van der Waals surface area contributed by atoms with E-state index in [1.165, 1.54) is 6.33 Å². The van der Waals surface area contributed by atoms with Crippen molar-refractivity contribution in [2.75, 3.05) is 30.3 Å². The highest BCUT2D eigenvalue weighted by atomic mass is 16.5. The summed E-state index contributed by atoms with van der Waals surface area (Å²) in [6.07, 6.45) is 3.06. The number of hydrogen-bond donors (Lipinski definition) is 2. The second-order valence-electron chi connectivity index (χ2n) is 4.93. The van der Waals surface area contributed by atoms with Crippen molar-refractivity contribution in [1.82, 2.24) is 9.97 Å². The molecule has 0 aromatic carbocycles. The van der Waals surface area contributed by atoms with Crippen molar-refractivity contribution >= 4 is 11.5 Å². The number of nitrogen functional groups attached to an aromatic ring is 1. The smallest absolute Gasteiger partial charge is 0.242 e. The highest BCUT2D eigenvalue weighted by molar-refractivity contribution is 5.68. The van der Waals surface area contributed by atoms with Gasteiger partial charge < -0.3 is 20.5 Å². The minimum Gasteiger partial charge on any atom is -0.476 e. The molecule has 1 aromatic rings. The number of anilines is 2. The Kier molecular flexibility index (Phi) is 3.56. The van der Waals surface area contributed by atoms with Crippen LogP contribution in [-0.4, -0.2) is 40.4 Å². The molecular weight excluding hydrogens is 232 g/mol. The van der Waals surface area contributed by atoms with E-state index in [0.717, 1.165) is 13.0 Å². The van der Waals surface area contributed by atoms with Gasteiger partial charge in [-0.3, -0.25) is 0 Å². The Balaban J connectivity index is 2.18. The monoisotopic (exact) mass is 252 g/mol.